The summed E-state index contributed by atoms with van der Waals surface area (Å²) in [6.45, 7) is 1.84. The van der Waals surface area contributed by atoms with E-state index in [2.05, 4.69) is 0 Å². The van der Waals surface area contributed by atoms with Gasteiger partial charge < -0.3 is 21.1 Å². The van der Waals surface area contributed by atoms with Crippen molar-refractivity contribution < 1.29 is 48.1 Å². The number of phenolic OH excluding ortho intramolecular Hbond substituents is 1. The number of piperidine rings is 1. The van der Waals surface area contributed by atoms with Gasteiger partial charge in [0.1, 0.15) is 5.75 Å². The van der Waals surface area contributed by atoms with E-state index < -0.39 is 88.0 Å². The van der Waals surface area contributed by atoms with Gasteiger partial charge in [-0.05, 0) is 25.6 Å². The first kappa shape index (κ1) is 29.4. The number of carbonyl (C=O) groups is 5. The van der Waals surface area contributed by atoms with Gasteiger partial charge in [0.25, 0.3) is 5.92 Å². The van der Waals surface area contributed by atoms with Gasteiger partial charge in [0, 0.05) is 44.0 Å². The number of fused-ring (bicyclic) bond motifs is 3. The van der Waals surface area contributed by atoms with E-state index in [0.717, 1.165) is 0 Å². The van der Waals surface area contributed by atoms with E-state index in [0.29, 0.717) is 5.56 Å². The first-order valence-electron chi connectivity index (χ1n) is 13.5. The minimum Gasteiger partial charge on any atom is -0.507 e. The molecule has 1 heterocycles. The Labute approximate surface area is 234 Å². The Morgan fingerprint density at radius 2 is 1.73 bits per heavy atom. The van der Waals surface area contributed by atoms with Gasteiger partial charge in [0.15, 0.2) is 34.7 Å². The van der Waals surface area contributed by atoms with Crippen LogP contribution in [0.2, 0.25) is 0 Å². The molecule has 222 valence electrons. The number of ketones is 4. The molecule has 4 aliphatic rings. The summed E-state index contributed by atoms with van der Waals surface area (Å²) < 4.78 is 27.2. The molecule has 0 radical (unpaired) electrons. The number of amides is 1. The lowest BCUT2D eigenvalue weighted by Gasteiger charge is -2.56. The number of benzene rings is 1. The summed E-state index contributed by atoms with van der Waals surface area (Å²) in [4.78, 5) is 69.7. The van der Waals surface area contributed by atoms with Gasteiger partial charge in [-0.1, -0.05) is 19.1 Å². The number of hydrogen-bond acceptors (Lipinski definition) is 10. The first-order valence-corrected chi connectivity index (χ1v) is 13.5. The standard InChI is InChI=1S/C28H33F2N3O8/c1-11-13-5-4-12(10-33-8-6-27(29,30)7-9-33)20(34)15(13)21(35)16-14(11)22(36)18-19(32(2)3)23(37)17(26(31)40)25(39)28(18,41)24(16)38/h4-5,11,14,16-19,22,34,36,41H,6-10H2,1-3H3,(H2,31,40)/t11-,14?,16?,17?,18?,19-,22-,28-/m0/s1. The number of phenols is 1. The molecule has 0 aromatic heterocycles. The van der Waals surface area contributed by atoms with Crippen molar-refractivity contribution in [2.24, 2.45) is 29.4 Å². The highest BCUT2D eigenvalue weighted by atomic mass is 19.3. The Balaban J connectivity index is 1.58. The SMILES string of the molecule is C[C@H]1c2ccc(CN3CCC(F)(F)CC3)c(O)c2C(=O)C2C(=O)[C@]3(O)C(=O)C(C(N)=O)C(=O)[C@@H](N(C)C)C3[C@@H](O)C21. The number of hydrogen-bond donors (Lipinski definition) is 4. The molecule has 0 bridgehead atoms. The third-order valence-corrected chi connectivity index (χ3v) is 9.55. The van der Waals surface area contributed by atoms with Crippen LogP contribution in [0.1, 0.15) is 47.2 Å². The monoisotopic (exact) mass is 577 g/mol. The molecule has 0 spiro atoms. The minimum atomic E-state index is -3.07. The van der Waals surface area contributed by atoms with Crippen molar-refractivity contribution in [3.05, 3.63) is 28.8 Å². The van der Waals surface area contributed by atoms with E-state index >= 15 is 0 Å². The third kappa shape index (κ3) is 4.16. The Bertz CT molecular complexity index is 1360. The van der Waals surface area contributed by atoms with Crippen molar-refractivity contribution in [2.75, 3.05) is 27.2 Å². The number of primary amides is 1. The number of nitrogens with two attached hydrogens (primary N) is 1. The summed E-state index contributed by atoms with van der Waals surface area (Å²) in [5, 5.41) is 34.5. The summed E-state index contributed by atoms with van der Waals surface area (Å²) in [5.74, 6) is -16.7. The normalized spacial score (nSPS) is 37.0. The van der Waals surface area contributed by atoms with E-state index in [-0.39, 0.29) is 43.6 Å². The topological polar surface area (TPSA) is 179 Å². The molecule has 1 aromatic rings. The van der Waals surface area contributed by atoms with Crippen LogP contribution >= 0.6 is 0 Å². The van der Waals surface area contributed by atoms with Crippen LogP contribution in [-0.2, 0) is 25.7 Å². The van der Waals surface area contributed by atoms with Crippen LogP contribution < -0.4 is 5.73 Å². The molecule has 41 heavy (non-hydrogen) atoms. The van der Waals surface area contributed by atoms with Gasteiger partial charge in [-0.25, -0.2) is 8.78 Å². The molecule has 3 fully saturated rings. The predicted octanol–water partition coefficient (Wildman–Crippen LogP) is -0.370. The lowest BCUT2D eigenvalue weighted by Crippen LogP contribution is -2.77. The summed E-state index contributed by atoms with van der Waals surface area (Å²) in [6, 6.07) is 1.70. The van der Waals surface area contributed by atoms with Gasteiger partial charge in [-0.3, -0.25) is 33.8 Å². The molecule has 5 N–H and O–H groups in total. The maximum absolute atomic E-state index is 14.0. The number of aromatic hydroxyl groups is 1. The maximum Gasteiger partial charge on any atom is 0.250 e. The molecule has 8 atom stereocenters. The fourth-order valence-corrected chi connectivity index (χ4v) is 7.44. The fraction of sp³-hybridized carbons (Fsp3) is 0.607. The number of alkyl halides is 2. The highest BCUT2D eigenvalue weighted by Gasteiger charge is 2.72. The average Bonchev–Trinajstić information content (AvgIpc) is 2.88. The van der Waals surface area contributed by atoms with E-state index in [1.165, 1.54) is 19.0 Å². The lowest BCUT2D eigenvalue weighted by molar-refractivity contribution is -0.196. The molecule has 13 heteroatoms. The van der Waals surface area contributed by atoms with E-state index in [4.69, 9.17) is 5.73 Å². The molecule has 2 saturated carbocycles. The summed E-state index contributed by atoms with van der Waals surface area (Å²) in [7, 11) is 2.85. The van der Waals surface area contributed by atoms with Gasteiger partial charge >= 0.3 is 0 Å². The Morgan fingerprint density at radius 1 is 1.12 bits per heavy atom. The molecule has 1 aromatic carbocycles. The quantitative estimate of drug-likeness (QED) is 0.345. The number of likely N-dealkylation sites (N-methyl/N-ethyl adjacent to an activating group) is 1. The van der Waals surface area contributed by atoms with Crippen LogP contribution in [0.3, 0.4) is 0 Å². The molecule has 1 amide bonds. The van der Waals surface area contributed by atoms with Crippen LogP contribution in [0, 0.1) is 23.7 Å². The van der Waals surface area contributed by atoms with Crippen LogP contribution in [0.15, 0.2) is 12.1 Å². The molecule has 3 aliphatic carbocycles. The van der Waals surface area contributed by atoms with Crippen molar-refractivity contribution >= 4 is 29.0 Å². The zero-order chi connectivity index (χ0) is 30.3. The van der Waals surface area contributed by atoms with Gasteiger partial charge in [-0.2, -0.15) is 0 Å². The molecule has 11 nitrogen and oxygen atoms in total. The Kier molecular flexibility index (Phi) is 6.96. The number of rotatable bonds is 4. The maximum atomic E-state index is 14.0. The molecular weight excluding hydrogens is 544 g/mol. The van der Waals surface area contributed by atoms with Crippen LogP contribution in [0.5, 0.6) is 5.75 Å². The second-order valence-electron chi connectivity index (χ2n) is 12.0. The number of likely N-dealkylation sites (tertiary alicyclic amines) is 1. The summed E-state index contributed by atoms with van der Waals surface area (Å²) >= 11 is 0. The Morgan fingerprint density at radius 3 is 2.29 bits per heavy atom. The number of nitrogens with zero attached hydrogens (tertiary/aromatic N) is 2. The number of aliphatic hydroxyl groups excluding tert-OH is 1. The van der Waals surface area contributed by atoms with Crippen molar-refractivity contribution in [3.63, 3.8) is 0 Å². The molecule has 1 aliphatic heterocycles. The minimum absolute atomic E-state index is 0.0684. The average molecular weight is 578 g/mol. The van der Waals surface area contributed by atoms with Crippen molar-refractivity contribution in [1.82, 2.24) is 9.80 Å². The van der Waals surface area contributed by atoms with Crippen LogP contribution in [0.25, 0.3) is 0 Å². The number of Topliss-reactive ketones (excluding diaryl/α,β-unsaturated/α-hetero) is 4. The highest BCUT2D eigenvalue weighted by Crippen LogP contribution is 2.54. The molecule has 5 rings (SSSR count). The summed E-state index contributed by atoms with van der Waals surface area (Å²) in [5.41, 5.74) is 2.63. The molecule has 1 saturated heterocycles. The van der Waals surface area contributed by atoms with Gasteiger partial charge in [0.2, 0.25) is 5.91 Å². The zero-order valence-corrected chi connectivity index (χ0v) is 22.8. The number of carbonyl (C=O) groups excluding carboxylic acids is 5. The summed E-state index contributed by atoms with van der Waals surface area (Å²) in [6.07, 6.45) is -2.40. The Hall–Kier alpha value is -3.13. The van der Waals surface area contributed by atoms with Gasteiger partial charge in [0.05, 0.1) is 29.5 Å². The van der Waals surface area contributed by atoms with Crippen molar-refractivity contribution in [3.8, 4) is 5.75 Å². The first-order chi connectivity index (χ1) is 19.0. The second-order valence-corrected chi connectivity index (χ2v) is 12.0. The van der Waals surface area contributed by atoms with E-state index in [1.54, 1.807) is 24.0 Å². The largest absolute Gasteiger partial charge is 0.507 e. The van der Waals surface area contributed by atoms with Crippen LogP contribution in [-0.4, -0.2) is 105 Å². The molecule has 4 unspecified atom stereocenters. The lowest BCUT2D eigenvalue weighted by atomic mass is 9.49. The third-order valence-electron chi connectivity index (χ3n) is 9.55. The van der Waals surface area contributed by atoms with Crippen LogP contribution in [0.4, 0.5) is 8.78 Å². The number of aliphatic hydroxyl groups is 2. The van der Waals surface area contributed by atoms with Crippen molar-refractivity contribution in [2.45, 2.75) is 55.9 Å². The van der Waals surface area contributed by atoms with E-state index in [1.807, 2.05) is 0 Å². The van der Waals surface area contributed by atoms with Gasteiger partial charge in [-0.15, -0.1) is 0 Å². The zero-order valence-electron chi connectivity index (χ0n) is 22.8. The fourth-order valence-electron chi connectivity index (χ4n) is 7.44. The van der Waals surface area contributed by atoms with E-state index in [9.17, 15) is 48.1 Å². The molecular formula is C28H33F2N3O8. The second kappa shape index (κ2) is 9.72. The number of halogens is 2. The highest BCUT2D eigenvalue weighted by molar-refractivity contribution is 6.32. The predicted molar refractivity (Wildman–Crippen MR) is 137 cm³/mol. The smallest absolute Gasteiger partial charge is 0.250 e. The van der Waals surface area contributed by atoms with Crippen molar-refractivity contribution in [1.29, 1.82) is 0 Å².